The summed E-state index contributed by atoms with van der Waals surface area (Å²) in [5.74, 6) is 0.579. The third-order valence-electron chi connectivity index (χ3n) is 5.50. The van der Waals surface area contributed by atoms with Crippen LogP contribution in [0.15, 0.2) is 54.6 Å². The molecule has 0 bridgehead atoms. The van der Waals surface area contributed by atoms with E-state index in [0.717, 1.165) is 24.6 Å². The molecule has 1 N–H and O–H groups in total. The first-order valence-electron chi connectivity index (χ1n) is 10.2. The summed E-state index contributed by atoms with van der Waals surface area (Å²) in [4.78, 5) is 26.0. The number of nitrogens with one attached hydrogen (secondary N) is 1. The van der Waals surface area contributed by atoms with E-state index >= 15 is 0 Å². The molecule has 1 atom stereocenters. The number of hydrogen-bond donors (Lipinski definition) is 1. The molecule has 0 radical (unpaired) electrons. The Bertz CT molecular complexity index is 799. The van der Waals surface area contributed by atoms with Gasteiger partial charge in [-0.15, -0.1) is 0 Å². The van der Waals surface area contributed by atoms with E-state index < -0.39 is 5.97 Å². The second-order valence-electron chi connectivity index (χ2n) is 7.47. The van der Waals surface area contributed by atoms with Crippen molar-refractivity contribution in [2.45, 2.75) is 32.2 Å². The summed E-state index contributed by atoms with van der Waals surface area (Å²) in [5.41, 5.74) is 1.24. The summed E-state index contributed by atoms with van der Waals surface area (Å²) in [6, 6.07) is 18.2. The van der Waals surface area contributed by atoms with E-state index in [2.05, 4.69) is 19.1 Å². The smallest absolute Gasteiger partial charge is 0.222 e. The molecular weight excluding hydrogens is 368 g/mol. The highest BCUT2D eigenvalue weighted by molar-refractivity contribution is 5.76. The molecule has 3 rings (SSSR count). The van der Waals surface area contributed by atoms with Crippen molar-refractivity contribution in [3.63, 3.8) is 0 Å². The Morgan fingerprint density at radius 1 is 1.00 bits per heavy atom. The first-order chi connectivity index (χ1) is 14.0. The van der Waals surface area contributed by atoms with Gasteiger partial charge in [0.1, 0.15) is 17.5 Å². The maximum absolute atomic E-state index is 12.2. The number of nitrogens with zero attached hydrogens (tertiary/aromatic N) is 1. The van der Waals surface area contributed by atoms with Gasteiger partial charge in [0.2, 0.25) is 5.91 Å². The maximum atomic E-state index is 12.2. The van der Waals surface area contributed by atoms with E-state index in [0.29, 0.717) is 25.6 Å². The van der Waals surface area contributed by atoms with Crippen molar-refractivity contribution in [3.8, 4) is 11.5 Å². The Hall–Kier alpha value is -2.86. The number of hydrogen-bond acceptors (Lipinski definition) is 4. The molecule has 1 aliphatic rings. The van der Waals surface area contributed by atoms with Gasteiger partial charge in [-0.1, -0.05) is 18.2 Å². The van der Waals surface area contributed by atoms with Gasteiger partial charge >= 0.3 is 0 Å². The average molecular weight is 396 g/mol. The van der Waals surface area contributed by atoms with Crippen LogP contribution < -0.4 is 14.7 Å². The Kier molecular flexibility index (Phi) is 7.25. The number of carbonyl (C=O) groups excluding carboxylic acids is 2. The number of para-hydroxylation sites is 1. The van der Waals surface area contributed by atoms with Gasteiger partial charge in [0.25, 0.3) is 0 Å². The van der Waals surface area contributed by atoms with Crippen molar-refractivity contribution >= 4 is 11.9 Å². The van der Waals surface area contributed by atoms with Gasteiger partial charge in [-0.05, 0) is 56.2 Å². The van der Waals surface area contributed by atoms with E-state index in [-0.39, 0.29) is 18.7 Å². The Morgan fingerprint density at radius 3 is 2.24 bits per heavy atom. The largest absolute Gasteiger partial charge is 0.550 e. The topological polar surface area (TPSA) is 74.1 Å². The second-order valence-corrected chi connectivity index (χ2v) is 7.47. The molecule has 0 spiro atoms. The molecule has 1 heterocycles. The number of carbonyl (C=O) groups is 2. The highest BCUT2D eigenvalue weighted by atomic mass is 16.5. The van der Waals surface area contributed by atoms with Gasteiger partial charge in [0, 0.05) is 18.0 Å². The molecule has 6 heteroatoms. The third kappa shape index (κ3) is 6.06. The summed E-state index contributed by atoms with van der Waals surface area (Å²) in [6.07, 6.45) is 0.571. The van der Waals surface area contributed by atoms with E-state index in [1.807, 2.05) is 47.4 Å². The van der Waals surface area contributed by atoms with Crippen LogP contribution >= 0.6 is 0 Å². The van der Waals surface area contributed by atoms with E-state index in [1.54, 1.807) is 0 Å². The van der Waals surface area contributed by atoms with Crippen LogP contribution in [0.2, 0.25) is 0 Å². The highest BCUT2D eigenvalue weighted by Crippen LogP contribution is 2.22. The monoisotopic (exact) mass is 396 g/mol. The molecule has 0 unspecified atom stereocenters. The Balaban J connectivity index is 1.48. The number of piperazine rings is 1. The van der Waals surface area contributed by atoms with Gasteiger partial charge in [-0.3, -0.25) is 4.79 Å². The summed E-state index contributed by atoms with van der Waals surface area (Å²) in [6.45, 7) is 5.39. The van der Waals surface area contributed by atoms with E-state index in [9.17, 15) is 14.7 Å². The fourth-order valence-electron chi connectivity index (χ4n) is 3.70. The molecule has 29 heavy (non-hydrogen) atoms. The lowest BCUT2D eigenvalue weighted by Crippen LogP contribution is -3.14. The van der Waals surface area contributed by atoms with Gasteiger partial charge in [0.05, 0.1) is 26.2 Å². The van der Waals surface area contributed by atoms with Crippen LogP contribution in [0.3, 0.4) is 0 Å². The summed E-state index contributed by atoms with van der Waals surface area (Å²) < 4.78 is 5.85. The molecular formula is C23H28N2O4. The van der Waals surface area contributed by atoms with Gasteiger partial charge in [0.15, 0.2) is 0 Å². The van der Waals surface area contributed by atoms with Gasteiger partial charge < -0.3 is 24.4 Å². The van der Waals surface area contributed by atoms with Crippen LogP contribution in [0.4, 0.5) is 0 Å². The molecule has 1 amide bonds. The van der Waals surface area contributed by atoms with Crippen LogP contribution in [0, 0.1) is 0 Å². The molecule has 0 aromatic heterocycles. The molecule has 1 saturated heterocycles. The lowest BCUT2D eigenvalue weighted by molar-refractivity contribution is -0.933. The van der Waals surface area contributed by atoms with E-state index in [1.165, 1.54) is 10.5 Å². The molecule has 154 valence electrons. The van der Waals surface area contributed by atoms with Gasteiger partial charge in [-0.2, -0.15) is 0 Å². The standard InChI is InChI=1S/C23H28N2O4/c1-18(19-10-12-21(13-11-19)29-20-6-3-2-4-7-20)24-14-16-25(17-15-24)22(26)8-5-9-23(27)28/h2-4,6-7,10-13,18H,5,8-9,14-17H2,1H3,(H,27,28)/t18-/m1/s1. The van der Waals surface area contributed by atoms with Crippen LogP contribution in [-0.4, -0.2) is 43.0 Å². The zero-order chi connectivity index (χ0) is 20.6. The normalized spacial score (nSPS) is 15.7. The van der Waals surface area contributed by atoms with Crippen molar-refractivity contribution in [2.24, 2.45) is 0 Å². The predicted octanol–water partition coefficient (Wildman–Crippen LogP) is 1.19. The molecule has 2 aromatic carbocycles. The highest BCUT2D eigenvalue weighted by Gasteiger charge is 2.27. The zero-order valence-electron chi connectivity index (χ0n) is 16.8. The lowest BCUT2D eigenvalue weighted by atomic mass is 10.1. The molecule has 1 aliphatic heterocycles. The predicted molar refractivity (Wildman–Crippen MR) is 108 cm³/mol. The van der Waals surface area contributed by atoms with E-state index in [4.69, 9.17) is 4.74 Å². The minimum atomic E-state index is -1.10. The van der Waals surface area contributed by atoms with Gasteiger partial charge in [-0.25, -0.2) is 0 Å². The quantitative estimate of drug-likeness (QED) is 0.727. The molecule has 0 saturated carbocycles. The minimum Gasteiger partial charge on any atom is -0.550 e. The molecule has 6 nitrogen and oxygen atoms in total. The summed E-state index contributed by atoms with van der Waals surface area (Å²) in [7, 11) is 0. The number of rotatable bonds is 8. The first-order valence-corrected chi connectivity index (χ1v) is 10.2. The Labute approximate surface area is 171 Å². The molecule has 1 fully saturated rings. The van der Waals surface area contributed by atoms with Crippen LogP contribution in [0.5, 0.6) is 11.5 Å². The number of carboxylic acids is 1. The number of aliphatic carboxylic acids is 1. The Morgan fingerprint density at radius 2 is 1.62 bits per heavy atom. The van der Waals surface area contributed by atoms with Crippen molar-refractivity contribution in [1.29, 1.82) is 0 Å². The summed E-state index contributed by atoms with van der Waals surface area (Å²) >= 11 is 0. The van der Waals surface area contributed by atoms with Crippen molar-refractivity contribution < 1.29 is 24.3 Å². The van der Waals surface area contributed by atoms with Crippen LogP contribution in [-0.2, 0) is 9.59 Å². The van der Waals surface area contributed by atoms with Crippen molar-refractivity contribution in [1.82, 2.24) is 4.90 Å². The number of carboxylic acid groups (broad SMARTS) is 1. The summed E-state index contributed by atoms with van der Waals surface area (Å²) in [5, 5.41) is 10.5. The van der Waals surface area contributed by atoms with Crippen molar-refractivity contribution in [3.05, 3.63) is 60.2 Å². The average Bonchev–Trinajstić information content (AvgIpc) is 2.74. The zero-order valence-corrected chi connectivity index (χ0v) is 16.8. The number of quaternary nitrogens is 1. The second kappa shape index (κ2) is 10.1. The SMILES string of the molecule is C[C@H](c1ccc(Oc2ccccc2)cc1)[NH+]1CCN(C(=O)CCCC(=O)[O-])CC1. The van der Waals surface area contributed by atoms with Crippen LogP contribution in [0.25, 0.3) is 0 Å². The van der Waals surface area contributed by atoms with Crippen LogP contribution in [0.1, 0.15) is 37.8 Å². The molecule has 2 aromatic rings. The number of amides is 1. The minimum absolute atomic E-state index is 0.0420. The lowest BCUT2D eigenvalue weighted by Gasteiger charge is -2.35. The number of ether oxygens (including phenoxy) is 1. The maximum Gasteiger partial charge on any atom is 0.222 e. The fraction of sp³-hybridized carbons (Fsp3) is 0.391. The van der Waals surface area contributed by atoms with Crippen molar-refractivity contribution in [2.75, 3.05) is 26.2 Å². The third-order valence-corrected chi connectivity index (χ3v) is 5.50. The number of benzene rings is 2. The molecule has 0 aliphatic carbocycles. The fourth-order valence-corrected chi connectivity index (χ4v) is 3.70. The first kappa shape index (κ1) is 20.9.